The lowest BCUT2D eigenvalue weighted by molar-refractivity contribution is 0.434. The first kappa shape index (κ1) is 16.4. The molecule has 0 saturated carbocycles. The van der Waals surface area contributed by atoms with Gasteiger partial charge in [-0.25, -0.2) is 0 Å². The first-order valence-corrected chi connectivity index (χ1v) is 13.8. The van der Waals surface area contributed by atoms with Gasteiger partial charge in [-0.05, 0) is 36.6 Å². The highest BCUT2D eigenvalue weighted by Crippen LogP contribution is 2.13. The molecule has 0 heterocycles. The fourth-order valence-electron chi connectivity index (χ4n) is 2.31. The summed E-state index contributed by atoms with van der Waals surface area (Å²) in [5.41, 5.74) is 0. The fraction of sp³-hybridized carbons (Fsp3) is 0.250. The van der Waals surface area contributed by atoms with Gasteiger partial charge >= 0.3 is 8.56 Å². The van der Waals surface area contributed by atoms with Crippen LogP contribution in [0.5, 0.6) is 0 Å². The van der Waals surface area contributed by atoms with E-state index in [1.807, 2.05) is 12.1 Å². The molecule has 0 N–H and O–H groups in total. The minimum Gasteiger partial charge on any atom is -0.430 e. The van der Waals surface area contributed by atoms with Gasteiger partial charge in [0, 0.05) is 0 Å². The smallest absolute Gasteiger partial charge is 0.386 e. The molecule has 0 fully saturated rings. The highest BCUT2D eigenvalue weighted by molar-refractivity contribution is 6.98. The molecule has 0 aliphatic rings. The van der Waals surface area contributed by atoms with Crippen molar-refractivity contribution in [1.82, 2.24) is 0 Å². The molecule has 2 aromatic rings. The topological polar surface area (TPSA) is 18.5 Å². The van der Waals surface area contributed by atoms with Crippen molar-refractivity contribution in [2.75, 3.05) is 0 Å². The van der Waals surface area contributed by atoms with Crippen molar-refractivity contribution >= 4 is 37.0 Å². The Balaban J connectivity index is 2.59. The Labute approximate surface area is 132 Å². The zero-order chi connectivity index (χ0) is 15.3. The molecule has 2 nitrogen and oxygen atoms in total. The van der Waals surface area contributed by atoms with E-state index >= 15 is 0 Å². The average molecular weight is 331 g/mol. The fourth-order valence-corrected chi connectivity index (χ4v) is 10.9. The lowest BCUT2D eigenvalue weighted by Crippen LogP contribution is -2.66. The molecule has 0 saturated heterocycles. The summed E-state index contributed by atoms with van der Waals surface area (Å²) < 4.78 is 13.1. The second-order valence-electron chi connectivity index (χ2n) is 5.37. The lowest BCUT2D eigenvalue weighted by Gasteiger charge is -2.35. The van der Waals surface area contributed by atoms with Crippen LogP contribution in [0, 0.1) is 0 Å². The third kappa shape index (κ3) is 4.02. The molecule has 2 aromatic carbocycles. The van der Waals surface area contributed by atoms with Crippen LogP contribution >= 0.6 is 0 Å². The molecule has 0 spiro atoms. The Kier molecular flexibility index (Phi) is 5.72. The van der Waals surface area contributed by atoms with Crippen molar-refractivity contribution in [3.63, 3.8) is 0 Å². The first-order valence-electron chi connectivity index (χ1n) is 7.14. The van der Waals surface area contributed by atoms with E-state index in [0.29, 0.717) is 0 Å². The Hall–Kier alpha value is -0.989. The van der Waals surface area contributed by atoms with Crippen molar-refractivity contribution in [2.45, 2.75) is 26.2 Å². The summed E-state index contributed by atoms with van der Waals surface area (Å²) in [6.07, 6.45) is 0. The number of hydrogen-bond acceptors (Lipinski definition) is 2. The molecule has 2 radical (unpaired) electrons. The van der Waals surface area contributed by atoms with E-state index in [9.17, 15) is 0 Å². The van der Waals surface area contributed by atoms with Gasteiger partial charge in [0.25, 0.3) is 0 Å². The Morgan fingerprint density at radius 3 is 1.24 bits per heavy atom. The summed E-state index contributed by atoms with van der Waals surface area (Å²) in [6.45, 7) is 8.72. The second-order valence-corrected chi connectivity index (χ2v) is 13.0. The SMILES string of the molecule is C[Si](C)O[Si](O[Si](C)C)(c1ccccc1)c1ccccc1. The third-order valence-electron chi connectivity index (χ3n) is 3.00. The van der Waals surface area contributed by atoms with E-state index < -0.39 is 26.6 Å². The van der Waals surface area contributed by atoms with Gasteiger partial charge in [0.15, 0.2) is 18.1 Å². The van der Waals surface area contributed by atoms with Gasteiger partial charge in [0.05, 0.1) is 0 Å². The largest absolute Gasteiger partial charge is 0.430 e. The van der Waals surface area contributed by atoms with Crippen LogP contribution in [0.15, 0.2) is 60.7 Å². The van der Waals surface area contributed by atoms with Crippen molar-refractivity contribution in [3.8, 4) is 0 Å². The maximum absolute atomic E-state index is 6.56. The molecule has 0 aliphatic carbocycles. The first-order chi connectivity index (χ1) is 10.0. The molecule has 5 heteroatoms. The van der Waals surface area contributed by atoms with Crippen LogP contribution in [0.3, 0.4) is 0 Å². The van der Waals surface area contributed by atoms with Gasteiger partial charge in [0.1, 0.15) is 0 Å². The number of benzene rings is 2. The van der Waals surface area contributed by atoms with Gasteiger partial charge in [-0.2, -0.15) is 0 Å². The van der Waals surface area contributed by atoms with Gasteiger partial charge in [-0.15, -0.1) is 0 Å². The van der Waals surface area contributed by atoms with Crippen LogP contribution in [0.2, 0.25) is 26.2 Å². The maximum atomic E-state index is 6.56. The van der Waals surface area contributed by atoms with Gasteiger partial charge < -0.3 is 8.23 Å². The van der Waals surface area contributed by atoms with E-state index in [1.54, 1.807) is 0 Å². The zero-order valence-electron chi connectivity index (χ0n) is 13.1. The van der Waals surface area contributed by atoms with E-state index in [2.05, 4.69) is 74.7 Å². The van der Waals surface area contributed by atoms with Gasteiger partial charge in [0.2, 0.25) is 0 Å². The molecule has 0 unspecified atom stereocenters. The summed E-state index contributed by atoms with van der Waals surface area (Å²) in [7, 11) is -4.34. The summed E-state index contributed by atoms with van der Waals surface area (Å²) in [4.78, 5) is 0. The molecule has 0 bridgehead atoms. The van der Waals surface area contributed by atoms with Crippen LogP contribution in [0.25, 0.3) is 0 Å². The van der Waals surface area contributed by atoms with Crippen molar-refractivity contribution < 1.29 is 8.23 Å². The Morgan fingerprint density at radius 2 is 0.952 bits per heavy atom. The Bertz CT molecular complexity index is 492. The minimum atomic E-state index is -2.58. The normalized spacial score (nSPS) is 12.1. The van der Waals surface area contributed by atoms with Crippen LogP contribution in [-0.4, -0.2) is 26.6 Å². The highest BCUT2D eigenvalue weighted by Gasteiger charge is 2.43. The highest BCUT2D eigenvalue weighted by atomic mass is 28.5. The van der Waals surface area contributed by atoms with Crippen LogP contribution in [0.4, 0.5) is 0 Å². The molecule has 0 aromatic heterocycles. The predicted molar refractivity (Wildman–Crippen MR) is 95.0 cm³/mol. The molecule has 2 rings (SSSR count). The Morgan fingerprint density at radius 1 is 0.619 bits per heavy atom. The number of rotatable bonds is 6. The van der Waals surface area contributed by atoms with Gasteiger partial charge in [-0.1, -0.05) is 60.7 Å². The van der Waals surface area contributed by atoms with E-state index in [4.69, 9.17) is 8.23 Å². The molecule has 0 atom stereocenters. The second kappa shape index (κ2) is 7.33. The van der Waals surface area contributed by atoms with E-state index in [1.165, 1.54) is 10.4 Å². The zero-order valence-corrected chi connectivity index (χ0v) is 16.1. The lowest BCUT2D eigenvalue weighted by atomic mass is 10.4. The molecular formula is C16H22O2Si3. The number of hydrogen-bond donors (Lipinski definition) is 0. The van der Waals surface area contributed by atoms with E-state index in [-0.39, 0.29) is 0 Å². The standard InChI is InChI=1S/C16H22O2Si3/c1-19(2)17-21(18-20(3)4,15-11-7-5-8-12-15)16-13-9-6-10-14-16/h5-14H,1-4H3. The summed E-state index contributed by atoms with van der Waals surface area (Å²) in [5.74, 6) is 0. The van der Waals surface area contributed by atoms with Crippen LogP contribution < -0.4 is 10.4 Å². The van der Waals surface area contributed by atoms with Gasteiger partial charge in [-0.3, -0.25) is 0 Å². The molecule has 21 heavy (non-hydrogen) atoms. The predicted octanol–water partition coefficient (Wildman–Crippen LogP) is 2.78. The summed E-state index contributed by atoms with van der Waals surface area (Å²) in [5, 5.41) is 2.40. The molecular weight excluding hydrogens is 308 g/mol. The van der Waals surface area contributed by atoms with Crippen LogP contribution in [-0.2, 0) is 8.23 Å². The van der Waals surface area contributed by atoms with Crippen LogP contribution in [0.1, 0.15) is 0 Å². The third-order valence-corrected chi connectivity index (χ3v) is 10.8. The maximum Gasteiger partial charge on any atom is 0.386 e. The summed E-state index contributed by atoms with van der Waals surface area (Å²) >= 11 is 0. The van der Waals surface area contributed by atoms with E-state index in [0.717, 1.165) is 0 Å². The van der Waals surface area contributed by atoms with Crippen molar-refractivity contribution in [3.05, 3.63) is 60.7 Å². The summed E-state index contributed by atoms with van der Waals surface area (Å²) in [6, 6.07) is 21.0. The molecule has 0 amide bonds. The molecule has 0 aliphatic heterocycles. The average Bonchev–Trinajstić information content (AvgIpc) is 2.47. The monoisotopic (exact) mass is 330 g/mol. The molecule has 110 valence electrons. The quantitative estimate of drug-likeness (QED) is 0.758. The minimum absolute atomic E-state index is 0.877. The van der Waals surface area contributed by atoms with Crippen molar-refractivity contribution in [2.24, 2.45) is 0 Å². The van der Waals surface area contributed by atoms with Crippen molar-refractivity contribution in [1.29, 1.82) is 0 Å².